The Balaban J connectivity index is 1.79. The van der Waals surface area contributed by atoms with Crippen LogP contribution in [0.25, 0.3) is 0 Å². The molecule has 6 atom stereocenters. The molecule has 0 amide bonds. The zero-order valence-corrected chi connectivity index (χ0v) is 14.3. The van der Waals surface area contributed by atoms with E-state index in [1.54, 1.807) is 0 Å². The van der Waals surface area contributed by atoms with Crippen molar-refractivity contribution in [2.75, 3.05) is 5.75 Å². The molecule has 0 spiro atoms. The number of aliphatic hydroxyl groups is 1. The molecule has 5 N–H and O–H groups in total. The monoisotopic (exact) mass is 351 g/mol. The molecule has 24 heavy (non-hydrogen) atoms. The van der Waals surface area contributed by atoms with Crippen LogP contribution in [0.5, 0.6) is 0 Å². The fraction of sp³-hybridized carbons (Fsp3) is 0.529. The van der Waals surface area contributed by atoms with Crippen molar-refractivity contribution in [3.8, 4) is 0 Å². The molecule has 2 fully saturated rings. The first kappa shape index (κ1) is 17.3. The number of aliphatic carboxylic acids is 2. The zero-order chi connectivity index (χ0) is 17.8. The molecule has 7 heteroatoms. The Labute approximate surface area is 144 Å². The van der Waals surface area contributed by atoms with Crippen molar-refractivity contribution in [3.63, 3.8) is 0 Å². The number of carboxylic acids is 2. The van der Waals surface area contributed by atoms with Gasteiger partial charge in [-0.15, -0.1) is 11.8 Å². The number of benzene rings is 1. The van der Waals surface area contributed by atoms with Gasteiger partial charge in [-0.1, -0.05) is 6.07 Å². The Bertz CT molecular complexity index is 708. The Morgan fingerprint density at radius 2 is 1.92 bits per heavy atom. The molecule has 130 valence electrons. The lowest BCUT2D eigenvalue weighted by Crippen LogP contribution is -2.58. The molecule has 6 nitrogen and oxygen atoms in total. The molecule has 1 aromatic carbocycles. The number of rotatable bonds is 5. The minimum absolute atomic E-state index is 0.339. The average molecular weight is 351 g/mol. The molecule has 2 saturated carbocycles. The van der Waals surface area contributed by atoms with Crippen molar-refractivity contribution < 1.29 is 24.9 Å². The number of aryl methyl sites for hydroxylation is 2. The first-order valence-electron chi connectivity index (χ1n) is 7.82. The predicted octanol–water partition coefficient (Wildman–Crippen LogP) is 1.12. The van der Waals surface area contributed by atoms with Gasteiger partial charge in [-0.05, 0) is 37.1 Å². The average Bonchev–Trinajstić information content (AvgIpc) is 3.21. The molecule has 0 bridgehead atoms. The highest BCUT2D eigenvalue weighted by Gasteiger charge is 2.77. The van der Waals surface area contributed by atoms with Crippen LogP contribution in [0.1, 0.15) is 11.1 Å². The van der Waals surface area contributed by atoms with Gasteiger partial charge < -0.3 is 21.1 Å². The van der Waals surface area contributed by atoms with Gasteiger partial charge in [-0.25, -0.2) is 0 Å². The molecule has 0 aliphatic heterocycles. The number of carbonyl (C=O) groups is 2. The summed E-state index contributed by atoms with van der Waals surface area (Å²) in [5.41, 5.74) is 6.75. The maximum absolute atomic E-state index is 11.8. The Hall–Kier alpha value is -1.57. The second kappa shape index (κ2) is 5.75. The van der Waals surface area contributed by atoms with Gasteiger partial charge in [0, 0.05) is 28.4 Å². The van der Waals surface area contributed by atoms with Crippen LogP contribution in [-0.2, 0) is 9.59 Å². The molecule has 0 unspecified atom stereocenters. The molecule has 2 aliphatic carbocycles. The lowest BCUT2D eigenvalue weighted by atomic mass is 9.81. The summed E-state index contributed by atoms with van der Waals surface area (Å²) in [7, 11) is 0. The SMILES string of the molecule is Cc1ccc(SC[C@@H]2[C@@H](O)[C@H]3[C@H](C(=O)O)[C@H]3[C@]2(N)C(=O)O)cc1C. The summed E-state index contributed by atoms with van der Waals surface area (Å²) >= 11 is 1.45. The topological polar surface area (TPSA) is 121 Å². The van der Waals surface area contributed by atoms with Crippen molar-refractivity contribution in [3.05, 3.63) is 29.3 Å². The van der Waals surface area contributed by atoms with Crippen LogP contribution in [0.2, 0.25) is 0 Å². The molecule has 0 radical (unpaired) electrons. The van der Waals surface area contributed by atoms with Gasteiger partial charge in [0.1, 0.15) is 5.54 Å². The van der Waals surface area contributed by atoms with E-state index in [-0.39, 0.29) is 0 Å². The van der Waals surface area contributed by atoms with Crippen molar-refractivity contribution in [1.82, 2.24) is 0 Å². The standard InChI is InChI=1S/C17H21NO5S/c1-7-3-4-9(5-8(7)2)24-6-10-14(19)11-12(15(20)21)13(11)17(10,18)16(22)23/h3-5,10-14,19H,6,18H2,1-2H3,(H,20,21)(H,22,23)/t10-,11+,12+,13+,14-,17+/m1/s1. The molecular weight excluding hydrogens is 330 g/mol. The highest BCUT2D eigenvalue weighted by atomic mass is 32.2. The number of fused-ring (bicyclic) bond motifs is 1. The quantitative estimate of drug-likeness (QED) is 0.587. The maximum Gasteiger partial charge on any atom is 0.324 e. The van der Waals surface area contributed by atoms with Crippen LogP contribution in [0.15, 0.2) is 23.1 Å². The lowest BCUT2D eigenvalue weighted by Gasteiger charge is -2.32. The first-order valence-corrected chi connectivity index (χ1v) is 8.81. The first-order chi connectivity index (χ1) is 11.2. The van der Waals surface area contributed by atoms with Crippen LogP contribution in [0, 0.1) is 37.5 Å². The van der Waals surface area contributed by atoms with Gasteiger partial charge in [0.15, 0.2) is 0 Å². The Morgan fingerprint density at radius 3 is 2.46 bits per heavy atom. The number of aliphatic hydroxyl groups excluding tert-OH is 1. The third-order valence-electron chi connectivity index (χ3n) is 5.61. The third kappa shape index (κ3) is 2.42. The zero-order valence-electron chi connectivity index (χ0n) is 13.5. The van der Waals surface area contributed by atoms with E-state index in [0.29, 0.717) is 5.75 Å². The van der Waals surface area contributed by atoms with E-state index in [1.807, 2.05) is 32.0 Å². The van der Waals surface area contributed by atoms with E-state index in [9.17, 15) is 24.9 Å². The molecule has 0 aromatic heterocycles. The van der Waals surface area contributed by atoms with Crippen LogP contribution >= 0.6 is 11.8 Å². The number of nitrogens with two attached hydrogens (primary N) is 1. The number of carboxylic acid groups (broad SMARTS) is 2. The summed E-state index contributed by atoms with van der Waals surface area (Å²) in [5.74, 6) is -4.77. The third-order valence-corrected chi connectivity index (χ3v) is 6.72. The van der Waals surface area contributed by atoms with E-state index in [1.165, 1.54) is 17.3 Å². The number of hydrogen-bond acceptors (Lipinski definition) is 5. The van der Waals surface area contributed by atoms with Gasteiger partial charge in [0.05, 0.1) is 12.0 Å². The van der Waals surface area contributed by atoms with Crippen LogP contribution in [0.4, 0.5) is 0 Å². The van der Waals surface area contributed by atoms with E-state index >= 15 is 0 Å². The number of thioether (sulfide) groups is 1. The van der Waals surface area contributed by atoms with Crippen molar-refractivity contribution >= 4 is 23.7 Å². The van der Waals surface area contributed by atoms with E-state index in [0.717, 1.165) is 10.5 Å². The highest BCUT2D eigenvalue weighted by molar-refractivity contribution is 7.99. The maximum atomic E-state index is 11.8. The van der Waals surface area contributed by atoms with Crippen LogP contribution < -0.4 is 5.73 Å². The Kier molecular flexibility index (Phi) is 4.14. The second-order valence-corrected chi connectivity index (χ2v) is 7.95. The largest absolute Gasteiger partial charge is 0.481 e. The van der Waals surface area contributed by atoms with Crippen LogP contribution in [0.3, 0.4) is 0 Å². The van der Waals surface area contributed by atoms with Crippen molar-refractivity contribution in [1.29, 1.82) is 0 Å². The minimum atomic E-state index is -1.69. The predicted molar refractivity (Wildman–Crippen MR) is 88.8 cm³/mol. The lowest BCUT2D eigenvalue weighted by molar-refractivity contribution is -0.148. The summed E-state index contributed by atoms with van der Waals surface area (Å²) in [6, 6.07) is 5.96. The molecule has 3 rings (SSSR count). The fourth-order valence-corrected chi connectivity index (χ4v) is 5.29. The normalized spacial score (nSPS) is 37.1. The summed E-state index contributed by atoms with van der Waals surface area (Å²) < 4.78 is 0. The molecule has 0 saturated heterocycles. The minimum Gasteiger partial charge on any atom is -0.481 e. The van der Waals surface area contributed by atoms with Gasteiger partial charge >= 0.3 is 11.9 Å². The summed E-state index contributed by atoms with van der Waals surface area (Å²) in [6.45, 7) is 4.01. The summed E-state index contributed by atoms with van der Waals surface area (Å²) in [4.78, 5) is 24.0. The number of hydrogen-bond donors (Lipinski definition) is 4. The van der Waals surface area contributed by atoms with Gasteiger partial charge in [-0.2, -0.15) is 0 Å². The van der Waals surface area contributed by atoms with Gasteiger partial charge in [0.25, 0.3) is 0 Å². The molecule has 0 heterocycles. The summed E-state index contributed by atoms with van der Waals surface area (Å²) in [6.07, 6.45) is -1.00. The van der Waals surface area contributed by atoms with Gasteiger partial charge in [0.2, 0.25) is 0 Å². The van der Waals surface area contributed by atoms with Crippen LogP contribution in [-0.4, -0.2) is 44.7 Å². The molecular formula is C17H21NO5S. The van der Waals surface area contributed by atoms with Crippen molar-refractivity contribution in [2.45, 2.75) is 30.4 Å². The smallest absolute Gasteiger partial charge is 0.324 e. The fourth-order valence-electron chi connectivity index (χ4n) is 4.02. The molecule has 2 aliphatic rings. The second-order valence-electron chi connectivity index (χ2n) is 6.86. The summed E-state index contributed by atoms with van der Waals surface area (Å²) in [5, 5.41) is 29.2. The van der Waals surface area contributed by atoms with E-state index in [4.69, 9.17) is 5.73 Å². The highest BCUT2D eigenvalue weighted by Crippen LogP contribution is 2.64. The molecule has 1 aromatic rings. The Morgan fingerprint density at radius 1 is 1.25 bits per heavy atom. The van der Waals surface area contributed by atoms with Crippen molar-refractivity contribution in [2.24, 2.45) is 29.4 Å². The van der Waals surface area contributed by atoms with E-state index < -0.39 is 47.3 Å². The van der Waals surface area contributed by atoms with Gasteiger partial charge in [-0.3, -0.25) is 9.59 Å². The van der Waals surface area contributed by atoms with E-state index in [2.05, 4.69) is 0 Å².